The minimum Gasteiger partial charge on any atom is -0.381 e. The van der Waals surface area contributed by atoms with Crippen LogP contribution in [0.25, 0.3) is 0 Å². The molecule has 17 heavy (non-hydrogen) atoms. The highest BCUT2D eigenvalue weighted by atomic mass is 32.2. The van der Waals surface area contributed by atoms with Gasteiger partial charge in [0.15, 0.2) is 0 Å². The Morgan fingerprint density at radius 2 is 2.18 bits per heavy atom. The van der Waals surface area contributed by atoms with Crippen LogP contribution in [0.3, 0.4) is 0 Å². The summed E-state index contributed by atoms with van der Waals surface area (Å²) in [5, 5.41) is 3.21. The van der Waals surface area contributed by atoms with Crippen molar-refractivity contribution in [2.24, 2.45) is 5.73 Å². The Balaban J connectivity index is 2.20. The number of nitrogens with two attached hydrogens (primary N) is 1. The number of anilines is 1. The fourth-order valence-corrected chi connectivity index (χ4v) is 2.87. The number of thioether (sulfide) groups is 1. The highest BCUT2D eigenvalue weighted by Crippen LogP contribution is 2.38. The molecule has 1 aromatic carbocycles. The summed E-state index contributed by atoms with van der Waals surface area (Å²) in [6.07, 6.45) is -3.45. The first-order chi connectivity index (χ1) is 8.00. The lowest BCUT2D eigenvalue weighted by molar-refractivity contribution is -0.137. The van der Waals surface area contributed by atoms with Gasteiger partial charge in [0.25, 0.3) is 0 Å². The molecular weight excluding hydrogens is 249 g/mol. The van der Waals surface area contributed by atoms with Crippen LogP contribution in [0.4, 0.5) is 18.9 Å². The Morgan fingerprint density at radius 3 is 2.82 bits per heavy atom. The molecule has 0 bridgehead atoms. The number of benzene rings is 1. The van der Waals surface area contributed by atoms with Crippen LogP contribution >= 0.6 is 11.8 Å². The second-order valence-corrected chi connectivity index (χ2v) is 5.00. The van der Waals surface area contributed by atoms with Crippen LogP contribution in [0.2, 0.25) is 0 Å². The number of nitrogens with one attached hydrogen (secondary N) is 1. The monoisotopic (exact) mass is 262 g/mol. The maximum absolute atomic E-state index is 12.5. The second-order valence-electron chi connectivity index (χ2n) is 3.94. The second kappa shape index (κ2) is 4.78. The molecule has 0 saturated carbocycles. The average Bonchev–Trinajstić information content (AvgIpc) is 2.27. The molecule has 1 unspecified atom stereocenters. The predicted molar refractivity (Wildman–Crippen MR) is 63.3 cm³/mol. The van der Waals surface area contributed by atoms with Crippen molar-refractivity contribution in [3.63, 3.8) is 0 Å². The van der Waals surface area contributed by atoms with Gasteiger partial charge in [-0.2, -0.15) is 13.2 Å². The third-order valence-electron chi connectivity index (χ3n) is 2.62. The van der Waals surface area contributed by atoms with E-state index in [1.54, 1.807) is 0 Å². The van der Waals surface area contributed by atoms with Crippen LogP contribution in [0.1, 0.15) is 12.0 Å². The molecule has 94 valence electrons. The molecule has 0 amide bonds. The van der Waals surface area contributed by atoms with E-state index < -0.39 is 11.7 Å². The van der Waals surface area contributed by atoms with E-state index in [1.807, 2.05) is 0 Å². The standard InChI is InChI=1S/C11H13F3N2S/c12-11(13,14)7-1-2-9-10(5-7)17-6-8(16-9)3-4-15/h1-2,5,8,16H,3-4,6,15H2. The van der Waals surface area contributed by atoms with Crippen molar-refractivity contribution in [2.75, 3.05) is 17.6 Å². The summed E-state index contributed by atoms with van der Waals surface area (Å²) in [7, 11) is 0. The van der Waals surface area contributed by atoms with E-state index in [4.69, 9.17) is 5.73 Å². The third-order valence-corrected chi connectivity index (χ3v) is 3.84. The average molecular weight is 262 g/mol. The molecule has 0 aromatic heterocycles. The van der Waals surface area contributed by atoms with Crippen LogP contribution in [-0.4, -0.2) is 18.3 Å². The highest BCUT2D eigenvalue weighted by Gasteiger charge is 2.31. The Morgan fingerprint density at radius 1 is 1.41 bits per heavy atom. The Labute approximate surface area is 102 Å². The Bertz CT molecular complexity index is 406. The molecule has 0 spiro atoms. The van der Waals surface area contributed by atoms with Gasteiger partial charge in [0.1, 0.15) is 0 Å². The topological polar surface area (TPSA) is 38.0 Å². The SMILES string of the molecule is NCCC1CSc2cc(C(F)(F)F)ccc2N1. The van der Waals surface area contributed by atoms with E-state index in [1.165, 1.54) is 23.9 Å². The van der Waals surface area contributed by atoms with Gasteiger partial charge >= 0.3 is 6.18 Å². The molecule has 0 fully saturated rings. The maximum Gasteiger partial charge on any atom is 0.416 e. The smallest absolute Gasteiger partial charge is 0.381 e. The van der Waals surface area contributed by atoms with Crippen molar-refractivity contribution < 1.29 is 13.2 Å². The van der Waals surface area contributed by atoms with Crippen LogP contribution in [-0.2, 0) is 6.18 Å². The summed E-state index contributed by atoms with van der Waals surface area (Å²) < 4.78 is 37.5. The number of rotatable bonds is 2. The molecule has 0 aliphatic carbocycles. The van der Waals surface area contributed by atoms with Gasteiger partial charge in [0.2, 0.25) is 0 Å². The molecule has 0 radical (unpaired) electrons. The maximum atomic E-state index is 12.5. The zero-order valence-corrected chi connectivity index (χ0v) is 9.87. The summed E-state index contributed by atoms with van der Waals surface area (Å²) in [6.45, 7) is 0.578. The molecule has 0 saturated heterocycles. The minimum atomic E-state index is -4.27. The number of hydrogen-bond donors (Lipinski definition) is 2. The van der Waals surface area contributed by atoms with E-state index in [-0.39, 0.29) is 6.04 Å². The lowest BCUT2D eigenvalue weighted by Gasteiger charge is -2.26. The molecule has 1 aliphatic heterocycles. The predicted octanol–water partition coefficient (Wildman–Crippen LogP) is 2.94. The molecule has 1 atom stereocenters. The summed E-state index contributed by atoms with van der Waals surface area (Å²) in [5.74, 6) is 0.755. The molecular formula is C11H13F3N2S. The number of halogens is 3. The van der Waals surface area contributed by atoms with Gasteiger partial charge in [0, 0.05) is 22.4 Å². The quantitative estimate of drug-likeness (QED) is 0.860. The fourth-order valence-electron chi connectivity index (χ4n) is 1.75. The van der Waals surface area contributed by atoms with Crippen LogP contribution in [0.15, 0.2) is 23.1 Å². The molecule has 1 aliphatic rings. The Kier molecular flexibility index (Phi) is 3.53. The lowest BCUT2D eigenvalue weighted by atomic mass is 10.1. The third kappa shape index (κ3) is 2.87. The highest BCUT2D eigenvalue weighted by molar-refractivity contribution is 7.99. The molecule has 1 aromatic rings. The molecule has 1 heterocycles. The summed E-state index contributed by atoms with van der Waals surface area (Å²) in [5.41, 5.74) is 5.64. The van der Waals surface area contributed by atoms with Gasteiger partial charge in [-0.05, 0) is 31.2 Å². The van der Waals surface area contributed by atoms with E-state index in [0.29, 0.717) is 11.4 Å². The van der Waals surface area contributed by atoms with Crippen molar-refractivity contribution in [3.8, 4) is 0 Å². The van der Waals surface area contributed by atoms with E-state index in [2.05, 4.69) is 5.32 Å². The van der Waals surface area contributed by atoms with Crippen molar-refractivity contribution in [3.05, 3.63) is 23.8 Å². The van der Waals surface area contributed by atoms with Gasteiger partial charge in [0.05, 0.1) is 5.56 Å². The first-order valence-corrected chi connectivity index (χ1v) is 6.30. The van der Waals surface area contributed by atoms with Gasteiger partial charge in [-0.25, -0.2) is 0 Å². The first kappa shape index (κ1) is 12.6. The molecule has 3 N–H and O–H groups in total. The van der Waals surface area contributed by atoms with Crippen LogP contribution in [0.5, 0.6) is 0 Å². The van der Waals surface area contributed by atoms with E-state index in [9.17, 15) is 13.2 Å². The minimum absolute atomic E-state index is 0.245. The van der Waals surface area contributed by atoms with E-state index >= 15 is 0 Å². The summed E-state index contributed by atoms with van der Waals surface area (Å²) in [4.78, 5) is 0.660. The number of alkyl halides is 3. The van der Waals surface area contributed by atoms with Gasteiger partial charge in [-0.15, -0.1) is 11.8 Å². The normalized spacial score (nSPS) is 19.6. The molecule has 6 heteroatoms. The van der Waals surface area contributed by atoms with Gasteiger partial charge < -0.3 is 11.1 Å². The zero-order valence-electron chi connectivity index (χ0n) is 9.05. The van der Waals surface area contributed by atoms with Crippen molar-refractivity contribution in [1.29, 1.82) is 0 Å². The summed E-state index contributed by atoms with van der Waals surface area (Å²) >= 11 is 1.45. The Hall–Kier alpha value is -0.880. The summed E-state index contributed by atoms with van der Waals surface area (Å²) in [6, 6.07) is 4.05. The van der Waals surface area contributed by atoms with Crippen molar-refractivity contribution in [1.82, 2.24) is 0 Å². The molecule has 2 nitrogen and oxygen atoms in total. The fraction of sp³-hybridized carbons (Fsp3) is 0.455. The van der Waals surface area contributed by atoms with E-state index in [0.717, 1.165) is 23.9 Å². The van der Waals surface area contributed by atoms with Crippen molar-refractivity contribution in [2.45, 2.75) is 23.5 Å². The van der Waals surface area contributed by atoms with Crippen molar-refractivity contribution >= 4 is 17.4 Å². The van der Waals surface area contributed by atoms with Crippen LogP contribution in [0, 0.1) is 0 Å². The zero-order chi connectivity index (χ0) is 12.5. The molecule has 2 rings (SSSR count). The first-order valence-electron chi connectivity index (χ1n) is 5.31. The van der Waals surface area contributed by atoms with Gasteiger partial charge in [-0.1, -0.05) is 0 Å². The van der Waals surface area contributed by atoms with Gasteiger partial charge in [-0.3, -0.25) is 0 Å². The number of hydrogen-bond acceptors (Lipinski definition) is 3. The van der Waals surface area contributed by atoms with Crippen LogP contribution < -0.4 is 11.1 Å². The number of fused-ring (bicyclic) bond motifs is 1. The largest absolute Gasteiger partial charge is 0.416 e. The lowest BCUT2D eigenvalue weighted by Crippen LogP contribution is -2.28.